The third-order valence-corrected chi connectivity index (χ3v) is 3.37. The molecule has 0 fully saturated rings. The van der Waals surface area contributed by atoms with Gasteiger partial charge in [-0.05, 0) is 38.0 Å². The SMILES string of the molecule is CCCc1ccc(NNC(=O)Nc2c(C)cnn2CC)cc1. The number of aryl methyl sites for hydroxylation is 3. The molecule has 2 amide bonds. The molecule has 1 heterocycles. The van der Waals surface area contributed by atoms with Crippen LogP contribution < -0.4 is 16.2 Å². The number of hydrogen-bond acceptors (Lipinski definition) is 3. The number of carbonyl (C=O) groups excluding carboxylic acids is 1. The molecular formula is C16H23N5O. The molecule has 0 unspecified atom stereocenters. The number of benzene rings is 1. The molecule has 0 radical (unpaired) electrons. The number of hydrazine groups is 1. The number of urea groups is 1. The van der Waals surface area contributed by atoms with Crippen LogP contribution in [-0.2, 0) is 13.0 Å². The molecule has 1 aromatic carbocycles. The first-order chi connectivity index (χ1) is 10.6. The summed E-state index contributed by atoms with van der Waals surface area (Å²) in [6.45, 7) is 6.75. The molecule has 22 heavy (non-hydrogen) atoms. The van der Waals surface area contributed by atoms with Crippen molar-refractivity contribution in [2.75, 3.05) is 10.7 Å². The monoisotopic (exact) mass is 301 g/mol. The van der Waals surface area contributed by atoms with E-state index in [9.17, 15) is 4.79 Å². The third kappa shape index (κ3) is 4.00. The minimum Gasteiger partial charge on any atom is -0.297 e. The van der Waals surface area contributed by atoms with Crippen LogP contribution in [0.25, 0.3) is 0 Å². The molecule has 0 saturated carbocycles. The zero-order chi connectivity index (χ0) is 15.9. The topological polar surface area (TPSA) is 71.0 Å². The van der Waals surface area contributed by atoms with Crippen molar-refractivity contribution in [2.24, 2.45) is 0 Å². The molecule has 2 rings (SSSR count). The highest BCUT2D eigenvalue weighted by Gasteiger charge is 2.09. The lowest BCUT2D eigenvalue weighted by Gasteiger charge is -2.12. The van der Waals surface area contributed by atoms with Gasteiger partial charge in [-0.25, -0.2) is 9.48 Å². The summed E-state index contributed by atoms with van der Waals surface area (Å²) in [6.07, 6.45) is 3.92. The van der Waals surface area contributed by atoms with Crippen molar-refractivity contribution < 1.29 is 4.79 Å². The maximum absolute atomic E-state index is 11.9. The zero-order valence-electron chi connectivity index (χ0n) is 13.3. The van der Waals surface area contributed by atoms with Crippen LogP contribution in [0.3, 0.4) is 0 Å². The molecule has 118 valence electrons. The lowest BCUT2D eigenvalue weighted by Crippen LogP contribution is -2.34. The Kier molecular flexibility index (Phi) is 5.41. The van der Waals surface area contributed by atoms with E-state index >= 15 is 0 Å². The van der Waals surface area contributed by atoms with Crippen LogP contribution in [-0.4, -0.2) is 15.8 Å². The quantitative estimate of drug-likeness (QED) is 0.717. The van der Waals surface area contributed by atoms with Gasteiger partial charge in [-0.3, -0.25) is 16.2 Å². The van der Waals surface area contributed by atoms with E-state index in [0.717, 1.165) is 24.1 Å². The number of aromatic nitrogens is 2. The molecule has 0 aliphatic heterocycles. The molecular weight excluding hydrogens is 278 g/mol. The Morgan fingerprint density at radius 3 is 2.59 bits per heavy atom. The van der Waals surface area contributed by atoms with Crippen LogP contribution in [0, 0.1) is 6.92 Å². The van der Waals surface area contributed by atoms with Crippen molar-refractivity contribution >= 4 is 17.5 Å². The maximum atomic E-state index is 11.9. The van der Waals surface area contributed by atoms with Crippen molar-refractivity contribution in [3.8, 4) is 0 Å². The molecule has 0 aliphatic carbocycles. The molecule has 0 bridgehead atoms. The van der Waals surface area contributed by atoms with E-state index in [1.54, 1.807) is 10.9 Å². The van der Waals surface area contributed by atoms with E-state index in [0.29, 0.717) is 12.4 Å². The molecule has 6 nitrogen and oxygen atoms in total. The number of carbonyl (C=O) groups is 1. The average molecular weight is 301 g/mol. The van der Waals surface area contributed by atoms with Crippen LogP contribution >= 0.6 is 0 Å². The minimum atomic E-state index is -0.323. The number of rotatable bonds is 6. The second kappa shape index (κ2) is 7.49. The van der Waals surface area contributed by atoms with Gasteiger partial charge >= 0.3 is 6.03 Å². The fraction of sp³-hybridized carbons (Fsp3) is 0.375. The van der Waals surface area contributed by atoms with Crippen molar-refractivity contribution in [1.29, 1.82) is 0 Å². The first kappa shape index (κ1) is 15.9. The van der Waals surface area contributed by atoms with Gasteiger partial charge in [0.2, 0.25) is 0 Å². The zero-order valence-corrected chi connectivity index (χ0v) is 13.3. The number of amides is 2. The average Bonchev–Trinajstić information content (AvgIpc) is 2.87. The van der Waals surface area contributed by atoms with Gasteiger partial charge in [-0.1, -0.05) is 25.5 Å². The molecule has 0 spiro atoms. The molecule has 3 N–H and O–H groups in total. The number of anilines is 2. The van der Waals surface area contributed by atoms with Gasteiger partial charge in [0.05, 0.1) is 11.9 Å². The van der Waals surface area contributed by atoms with E-state index in [-0.39, 0.29) is 6.03 Å². The van der Waals surface area contributed by atoms with Crippen molar-refractivity contribution in [1.82, 2.24) is 15.2 Å². The fourth-order valence-corrected chi connectivity index (χ4v) is 2.19. The Hall–Kier alpha value is -2.50. The summed E-state index contributed by atoms with van der Waals surface area (Å²) in [5.41, 5.74) is 8.58. The Balaban J connectivity index is 1.88. The summed E-state index contributed by atoms with van der Waals surface area (Å²) in [4.78, 5) is 11.9. The smallest absolute Gasteiger partial charge is 0.297 e. The van der Waals surface area contributed by atoms with Crippen LogP contribution in [0.4, 0.5) is 16.3 Å². The van der Waals surface area contributed by atoms with E-state index in [4.69, 9.17) is 0 Å². The van der Waals surface area contributed by atoms with Crippen molar-refractivity contribution in [3.05, 3.63) is 41.6 Å². The standard InChI is InChI=1S/C16H23N5O/c1-4-6-13-7-9-14(10-8-13)19-20-16(22)18-15-12(3)11-17-21(15)5-2/h7-11,19H,4-6H2,1-3H3,(H2,18,20,22). The van der Waals surface area contributed by atoms with Gasteiger partial charge < -0.3 is 0 Å². The second-order valence-electron chi connectivity index (χ2n) is 5.14. The normalized spacial score (nSPS) is 10.3. The summed E-state index contributed by atoms with van der Waals surface area (Å²) >= 11 is 0. The molecule has 0 saturated heterocycles. The van der Waals surface area contributed by atoms with E-state index in [1.165, 1.54) is 5.56 Å². The third-order valence-electron chi connectivity index (χ3n) is 3.37. The highest BCUT2D eigenvalue weighted by atomic mass is 16.2. The lowest BCUT2D eigenvalue weighted by atomic mass is 10.1. The molecule has 1 aromatic heterocycles. The lowest BCUT2D eigenvalue weighted by molar-refractivity contribution is 0.253. The van der Waals surface area contributed by atoms with E-state index in [1.807, 2.05) is 26.0 Å². The van der Waals surface area contributed by atoms with Crippen LogP contribution in [0.15, 0.2) is 30.5 Å². The summed E-state index contributed by atoms with van der Waals surface area (Å²) in [5.74, 6) is 0.708. The van der Waals surface area contributed by atoms with Crippen LogP contribution in [0.5, 0.6) is 0 Å². The van der Waals surface area contributed by atoms with Crippen LogP contribution in [0.1, 0.15) is 31.4 Å². The van der Waals surface area contributed by atoms with Crippen molar-refractivity contribution in [2.45, 2.75) is 40.2 Å². The summed E-state index contributed by atoms with van der Waals surface area (Å²) in [5, 5.41) is 6.99. The highest BCUT2D eigenvalue weighted by molar-refractivity contribution is 5.89. The largest absolute Gasteiger partial charge is 0.339 e. The van der Waals surface area contributed by atoms with Gasteiger partial charge in [0.15, 0.2) is 0 Å². The molecule has 0 atom stereocenters. The van der Waals surface area contributed by atoms with Gasteiger partial charge in [0, 0.05) is 12.1 Å². The Morgan fingerprint density at radius 2 is 1.95 bits per heavy atom. The summed E-state index contributed by atoms with van der Waals surface area (Å²) in [6, 6.07) is 7.69. The number of nitrogens with one attached hydrogen (secondary N) is 3. The molecule has 2 aromatic rings. The van der Waals surface area contributed by atoms with E-state index < -0.39 is 0 Å². The van der Waals surface area contributed by atoms with E-state index in [2.05, 4.69) is 40.3 Å². The minimum absolute atomic E-state index is 0.323. The van der Waals surface area contributed by atoms with Gasteiger partial charge in [0.1, 0.15) is 5.82 Å². The predicted molar refractivity (Wildman–Crippen MR) is 88.9 cm³/mol. The highest BCUT2D eigenvalue weighted by Crippen LogP contribution is 2.13. The summed E-state index contributed by atoms with van der Waals surface area (Å²) in [7, 11) is 0. The first-order valence-corrected chi connectivity index (χ1v) is 7.58. The van der Waals surface area contributed by atoms with Gasteiger partial charge in [-0.15, -0.1) is 0 Å². The number of hydrogen-bond donors (Lipinski definition) is 3. The van der Waals surface area contributed by atoms with Gasteiger partial charge in [0.25, 0.3) is 0 Å². The predicted octanol–water partition coefficient (Wildman–Crippen LogP) is 3.31. The Morgan fingerprint density at radius 1 is 1.23 bits per heavy atom. The molecule has 0 aliphatic rings. The summed E-state index contributed by atoms with van der Waals surface area (Å²) < 4.78 is 1.74. The van der Waals surface area contributed by atoms with Gasteiger partial charge in [-0.2, -0.15) is 5.10 Å². The first-order valence-electron chi connectivity index (χ1n) is 7.58. The second-order valence-corrected chi connectivity index (χ2v) is 5.14. The fourth-order valence-electron chi connectivity index (χ4n) is 2.19. The Labute approximate surface area is 130 Å². The number of nitrogens with zero attached hydrogens (tertiary/aromatic N) is 2. The maximum Gasteiger partial charge on any atom is 0.339 e. The molecule has 6 heteroatoms. The Bertz CT molecular complexity index is 618. The van der Waals surface area contributed by atoms with Crippen molar-refractivity contribution in [3.63, 3.8) is 0 Å². The van der Waals surface area contributed by atoms with Crippen LogP contribution in [0.2, 0.25) is 0 Å².